The van der Waals surface area contributed by atoms with Crippen molar-refractivity contribution in [3.63, 3.8) is 0 Å². The molecule has 0 amide bonds. The van der Waals surface area contributed by atoms with Gasteiger partial charge in [-0.1, -0.05) is 13.0 Å². The molecule has 25 heavy (non-hydrogen) atoms. The van der Waals surface area contributed by atoms with E-state index in [9.17, 15) is 0 Å². The molecular formula is C17H24N6OS. The summed E-state index contributed by atoms with van der Waals surface area (Å²) in [7, 11) is 1.97. The lowest BCUT2D eigenvalue weighted by Crippen LogP contribution is -2.16. The number of rotatable bonds is 7. The van der Waals surface area contributed by atoms with Crippen LogP contribution in [0.25, 0.3) is 0 Å². The van der Waals surface area contributed by atoms with Gasteiger partial charge in [-0.25, -0.2) is 14.7 Å². The van der Waals surface area contributed by atoms with Crippen LogP contribution < -0.4 is 14.3 Å². The Labute approximate surface area is 153 Å². The van der Waals surface area contributed by atoms with Crippen molar-refractivity contribution in [2.24, 2.45) is 0 Å². The lowest BCUT2D eigenvalue weighted by molar-refractivity contribution is 0.277. The van der Waals surface area contributed by atoms with Gasteiger partial charge in [0.05, 0.1) is 17.9 Å². The summed E-state index contributed by atoms with van der Waals surface area (Å²) in [6, 6.07) is 11.1. The van der Waals surface area contributed by atoms with Crippen molar-refractivity contribution in [1.82, 2.24) is 14.7 Å². The molecule has 0 fully saturated rings. The molecule has 0 unspecified atom stereocenters. The van der Waals surface area contributed by atoms with Crippen LogP contribution in [0, 0.1) is 11.3 Å². The van der Waals surface area contributed by atoms with Crippen LogP contribution in [-0.2, 0) is 6.61 Å². The van der Waals surface area contributed by atoms with E-state index in [0.717, 1.165) is 24.7 Å². The zero-order valence-corrected chi connectivity index (χ0v) is 15.5. The van der Waals surface area contributed by atoms with Crippen LogP contribution in [0.4, 0.5) is 11.6 Å². The number of aliphatic hydroxyl groups excluding tert-OH is 1. The maximum absolute atomic E-state index is 8.82. The fourth-order valence-corrected chi connectivity index (χ4v) is 2.06. The lowest BCUT2D eigenvalue weighted by atomic mass is 10.3. The smallest absolute Gasteiger partial charge is 0.137 e. The van der Waals surface area contributed by atoms with E-state index in [4.69, 9.17) is 10.4 Å². The van der Waals surface area contributed by atoms with Gasteiger partial charge in [0.15, 0.2) is 0 Å². The van der Waals surface area contributed by atoms with Crippen molar-refractivity contribution in [1.29, 1.82) is 5.26 Å². The standard InChI is InChI=1S/C9H11N3.C8H13N3OS/c1-3-12(2)9-5-4-8(6-10)7-11-9;1-2-9-13-11-8-5-3-4-7(6-12)10-8/h4-5,7H,3H2,1-2H3;3-5,9,12H,2,6H2,1H3,(H,10,11). The second kappa shape index (κ2) is 12.1. The number of pyridine rings is 2. The molecule has 3 N–H and O–H groups in total. The summed E-state index contributed by atoms with van der Waals surface area (Å²) in [6.07, 6.45) is 1.58. The number of nitrogens with zero attached hydrogens (tertiary/aromatic N) is 4. The van der Waals surface area contributed by atoms with Crippen molar-refractivity contribution in [3.05, 3.63) is 47.8 Å². The molecule has 2 aromatic rings. The number of nitrogens with one attached hydrogen (secondary N) is 2. The van der Waals surface area contributed by atoms with Crippen LogP contribution in [0.3, 0.4) is 0 Å². The summed E-state index contributed by atoms with van der Waals surface area (Å²) in [6.45, 7) is 5.85. The lowest BCUT2D eigenvalue weighted by Gasteiger charge is -2.14. The minimum Gasteiger partial charge on any atom is -0.390 e. The van der Waals surface area contributed by atoms with E-state index < -0.39 is 0 Å². The molecular weight excluding hydrogens is 336 g/mol. The molecule has 0 spiro atoms. The van der Waals surface area contributed by atoms with E-state index in [2.05, 4.69) is 26.3 Å². The Morgan fingerprint density at radius 1 is 1.28 bits per heavy atom. The minimum atomic E-state index is -0.0264. The molecule has 0 aromatic carbocycles. The molecule has 8 heteroatoms. The number of aliphatic hydroxyl groups is 1. The second-order valence-corrected chi connectivity index (χ2v) is 5.60. The van der Waals surface area contributed by atoms with E-state index in [1.54, 1.807) is 18.3 Å². The molecule has 134 valence electrons. The van der Waals surface area contributed by atoms with E-state index in [0.29, 0.717) is 11.3 Å². The summed E-state index contributed by atoms with van der Waals surface area (Å²) in [5.41, 5.74) is 1.27. The molecule has 0 saturated carbocycles. The number of hydrogen-bond acceptors (Lipinski definition) is 8. The third-order valence-corrected chi connectivity index (χ3v) is 3.83. The van der Waals surface area contributed by atoms with Gasteiger partial charge in [-0.2, -0.15) is 5.26 Å². The van der Waals surface area contributed by atoms with Crippen molar-refractivity contribution in [3.8, 4) is 6.07 Å². The van der Waals surface area contributed by atoms with Gasteiger partial charge in [-0.15, -0.1) is 0 Å². The second-order valence-electron chi connectivity index (χ2n) is 4.91. The van der Waals surface area contributed by atoms with Gasteiger partial charge >= 0.3 is 0 Å². The minimum absolute atomic E-state index is 0.0264. The average Bonchev–Trinajstić information content (AvgIpc) is 2.68. The van der Waals surface area contributed by atoms with E-state index in [1.165, 1.54) is 12.1 Å². The Morgan fingerprint density at radius 3 is 2.64 bits per heavy atom. The first-order valence-corrected chi connectivity index (χ1v) is 8.75. The topological polar surface area (TPSA) is 97.1 Å². The molecule has 0 atom stereocenters. The van der Waals surface area contributed by atoms with Crippen LogP contribution in [0.1, 0.15) is 25.1 Å². The molecule has 2 heterocycles. The molecule has 0 radical (unpaired) electrons. The summed E-state index contributed by atoms with van der Waals surface area (Å²) < 4.78 is 6.04. The quantitative estimate of drug-likeness (QED) is 0.512. The summed E-state index contributed by atoms with van der Waals surface area (Å²) in [5, 5.41) is 17.3. The summed E-state index contributed by atoms with van der Waals surface area (Å²) >= 11 is 1.38. The Morgan fingerprint density at radius 2 is 2.08 bits per heavy atom. The van der Waals surface area contributed by atoms with Crippen LogP contribution in [0.2, 0.25) is 0 Å². The van der Waals surface area contributed by atoms with E-state index in [1.807, 2.05) is 43.1 Å². The van der Waals surface area contributed by atoms with Crippen molar-refractivity contribution >= 4 is 23.8 Å². The van der Waals surface area contributed by atoms with Gasteiger partial charge in [0, 0.05) is 38.5 Å². The normalized spacial score (nSPS) is 9.56. The Kier molecular flexibility index (Phi) is 10.0. The zero-order valence-electron chi connectivity index (χ0n) is 14.7. The highest BCUT2D eigenvalue weighted by Crippen LogP contribution is 2.08. The summed E-state index contributed by atoms with van der Waals surface area (Å²) in [4.78, 5) is 10.3. The van der Waals surface area contributed by atoms with Crippen LogP contribution in [-0.4, -0.2) is 35.2 Å². The van der Waals surface area contributed by atoms with Crippen LogP contribution in [0.15, 0.2) is 36.5 Å². The van der Waals surface area contributed by atoms with Crippen molar-refractivity contribution in [2.75, 3.05) is 29.8 Å². The Hall–Kier alpha value is -2.34. The molecule has 0 aliphatic carbocycles. The van der Waals surface area contributed by atoms with Crippen LogP contribution in [0.5, 0.6) is 0 Å². The highest BCUT2D eigenvalue weighted by Gasteiger charge is 1.98. The Balaban J connectivity index is 0.000000251. The van der Waals surface area contributed by atoms with E-state index in [-0.39, 0.29) is 6.61 Å². The van der Waals surface area contributed by atoms with Gasteiger partial charge in [-0.3, -0.25) is 0 Å². The highest BCUT2D eigenvalue weighted by molar-refractivity contribution is 7.98. The number of aromatic nitrogens is 2. The van der Waals surface area contributed by atoms with Gasteiger partial charge in [0.1, 0.15) is 17.7 Å². The SMILES string of the molecule is CCN(C)c1ccc(C#N)cn1.CCNSNc1cccc(CO)n1. The van der Waals surface area contributed by atoms with Gasteiger partial charge in [0.2, 0.25) is 0 Å². The van der Waals surface area contributed by atoms with Crippen molar-refractivity contribution in [2.45, 2.75) is 20.5 Å². The predicted molar refractivity (Wildman–Crippen MR) is 103 cm³/mol. The highest BCUT2D eigenvalue weighted by atomic mass is 32.2. The molecule has 0 aliphatic heterocycles. The Bertz CT molecular complexity index is 659. The number of nitriles is 1. The van der Waals surface area contributed by atoms with Gasteiger partial charge in [0.25, 0.3) is 0 Å². The van der Waals surface area contributed by atoms with Gasteiger partial charge < -0.3 is 14.7 Å². The van der Waals surface area contributed by atoms with Crippen LogP contribution >= 0.6 is 12.1 Å². The molecule has 2 aromatic heterocycles. The molecule has 0 bridgehead atoms. The largest absolute Gasteiger partial charge is 0.390 e. The predicted octanol–water partition coefficient (Wildman–Crippen LogP) is 2.57. The summed E-state index contributed by atoms with van der Waals surface area (Å²) in [5.74, 6) is 1.65. The molecule has 0 aliphatic rings. The average molecular weight is 360 g/mol. The monoisotopic (exact) mass is 360 g/mol. The van der Waals surface area contributed by atoms with E-state index >= 15 is 0 Å². The molecule has 0 saturated heterocycles. The zero-order chi connectivity index (χ0) is 18.5. The first-order valence-electron chi connectivity index (χ1n) is 7.93. The fraction of sp³-hybridized carbons (Fsp3) is 0.353. The van der Waals surface area contributed by atoms with Gasteiger partial charge in [-0.05, 0) is 31.2 Å². The molecule has 7 nitrogen and oxygen atoms in total. The van der Waals surface area contributed by atoms with Crippen molar-refractivity contribution < 1.29 is 5.11 Å². The first kappa shape index (κ1) is 20.7. The third-order valence-electron chi connectivity index (χ3n) is 3.08. The first-order chi connectivity index (χ1) is 12.1. The number of hydrogen-bond donors (Lipinski definition) is 3. The maximum Gasteiger partial charge on any atom is 0.137 e. The number of anilines is 2. The fourth-order valence-electron chi connectivity index (χ4n) is 1.63. The third kappa shape index (κ3) is 7.85. The molecule has 2 rings (SSSR count). The maximum atomic E-state index is 8.82.